The second-order valence-electron chi connectivity index (χ2n) is 14.7. The molecule has 0 aliphatic rings. The molecule has 2 aromatic heterocycles. The smallest absolute Gasteiger partial charge is 0.136 e. The van der Waals surface area contributed by atoms with Crippen LogP contribution in [-0.4, -0.2) is 0 Å². The Hall–Kier alpha value is -7.42. The summed E-state index contributed by atoms with van der Waals surface area (Å²) in [6.45, 7) is 0. The maximum atomic E-state index is 6.52. The summed E-state index contributed by atoms with van der Waals surface area (Å²) in [4.78, 5) is 0. The Kier molecular flexibility index (Phi) is 6.66. The van der Waals surface area contributed by atoms with Gasteiger partial charge in [0.2, 0.25) is 0 Å². The van der Waals surface area contributed by atoms with Crippen LogP contribution in [0, 0.1) is 0 Å². The number of rotatable bonds is 4. The van der Waals surface area contributed by atoms with Gasteiger partial charge in [-0.05, 0) is 108 Å². The molecular formula is C54H32O2. The van der Waals surface area contributed by atoms with Crippen molar-refractivity contribution in [2.24, 2.45) is 0 Å². The lowest BCUT2D eigenvalue weighted by atomic mass is 9.83. The predicted molar refractivity (Wildman–Crippen MR) is 235 cm³/mol. The zero-order valence-corrected chi connectivity index (χ0v) is 30.3. The Labute approximate surface area is 322 Å². The first-order valence-electron chi connectivity index (χ1n) is 19.2. The SMILES string of the molecule is c1ccc(-c2c3ccccc3c(-c3ccc(-c4ccc5oc6ccccc6c5c4-c4ccc5oc6ccccc6c5c4)c4ccccc34)c3ccccc23)cc1. The Bertz CT molecular complexity index is 3470. The molecule has 0 saturated carbocycles. The van der Waals surface area contributed by atoms with Crippen molar-refractivity contribution in [2.45, 2.75) is 0 Å². The number of furan rings is 2. The lowest BCUT2D eigenvalue weighted by Gasteiger charge is -2.20. The summed E-state index contributed by atoms with van der Waals surface area (Å²) in [5, 5.41) is 11.9. The van der Waals surface area contributed by atoms with Crippen LogP contribution in [0.5, 0.6) is 0 Å². The molecule has 2 heterocycles. The Morgan fingerprint density at radius 2 is 0.696 bits per heavy atom. The van der Waals surface area contributed by atoms with Gasteiger partial charge in [0.25, 0.3) is 0 Å². The van der Waals surface area contributed by atoms with Gasteiger partial charge in [0, 0.05) is 27.1 Å². The Morgan fingerprint density at radius 1 is 0.232 bits per heavy atom. The molecule has 12 aromatic rings. The van der Waals surface area contributed by atoms with E-state index in [9.17, 15) is 0 Å². The normalized spacial score (nSPS) is 11.9. The summed E-state index contributed by atoms with van der Waals surface area (Å²) >= 11 is 0. The second-order valence-corrected chi connectivity index (χ2v) is 14.7. The van der Waals surface area contributed by atoms with Crippen molar-refractivity contribution in [1.29, 1.82) is 0 Å². The summed E-state index contributed by atoms with van der Waals surface area (Å²) in [7, 11) is 0. The van der Waals surface area contributed by atoms with Gasteiger partial charge in [-0.15, -0.1) is 0 Å². The van der Waals surface area contributed by atoms with Crippen molar-refractivity contribution < 1.29 is 8.83 Å². The molecule has 0 bridgehead atoms. The van der Waals surface area contributed by atoms with Crippen molar-refractivity contribution in [3.8, 4) is 44.5 Å². The molecule has 0 radical (unpaired) electrons. The van der Waals surface area contributed by atoms with Crippen LogP contribution in [0.25, 0.3) is 121 Å². The highest BCUT2D eigenvalue weighted by Crippen LogP contribution is 2.49. The van der Waals surface area contributed by atoms with Gasteiger partial charge in [-0.1, -0.05) is 158 Å². The number of hydrogen-bond donors (Lipinski definition) is 0. The van der Waals surface area contributed by atoms with E-state index in [2.05, 4.69) is 176 Å². The summed E-state index contributed by atoms with van der Waals surface area (Å²) in [5.74, 6) is 0. The van der Waals surface area contributed by atoms with Gasteiger partial charge in [-0.2, -0.15) is 0 Å². The fourth-order valence-corrected chi connectivity index (χ4v) is 9.31. The van der Waals surface area contributed by atoms with E-state index in [1.807, 2.05) is 18.2 Å². The van der Waals surface area contributed by atoms with Crippen molar-refractivity contribution in [1.82, 2.24) is 0 Å². The minimum absolute atomic E-state index is 0.875. The van der Waals surface area contributed by atoms with E-state index in [0.717, 1.165) is 60.6 Å². The molecule has 0 saturated heterocycles. The van der Waals surface area contributed by atoms with Crippen molar-refractivity contribution in [3.05, 3.63) is 194 Å². The van der Waals surface area contributed by atoms with Crippen molar-refractivity contribution in [2.75, 3.05) is 0 Å². The lowest BCUT2D eigenvalue weighted by molar-refractivity contribution is 0.669. The predicted octanol–water partition coefficient (Wildman–Crippen LogP) is 15.6. The van der Waals surface area contributed by atoms with Crippen LogP contribution >= 0.6 is 0 Å². The second kappa shape index (κ2) is 12.0. The van der Waals surface area contributed by atoms with E-state index in [4.69, 9.17) is 8.83 Å². The molecule has 0 aliphatic heterocycles. The first-order valence-corrected chi connectivity index (χ1v) is 19.2. The van der Waals surface area contributed by atoms with Gasteiger partial charge >= 0.3 is 0 Å². The third kappa shape index (κ3) is 4.50. The van der Waals surface area contributed by atoms with E-state index in [1.165, 1.54) is 60.1 Å². The van der Waals surface area contributed by atoms with Gasteiger partial charge in [0.05, 0.1) is 0 Å². The van der Waals surface area contributed by atoms with Crippen LogP contribution in [0.1, 0.15) is 0 Å². The molecule has 12 rings (SSSR count). The summed E-state index contributed by atoms with van der Waals surface area (Å²) in [5.41, 5.74) is 13.1. The van der Waals surface area contributed by atoms with Crippen LogP contribution in [0.3, 0.4) is 0 Å². The highest BCUT2D eigenvalue weighted by atomic mass is 16.3. The molecule has 0 N–H and O–H groups in total. The number of fused-ring (bicyclic) bond motifs is 9. The molecule has 260 valence electrons. The molecule has 0 spiro atoms. The van der Waals surface area contributed by atoms with Crippen molar-refractivity contribution in [3.63, 3.8) is 0 Å². The largest absolute Gasteiger partial charge is 0.456 e. The third-order valence-corrected chi connectivity index (χ3v) is 11.7. The molecule has 0 unspecified atom stereocenters. The van der Waals surface area contributed by atoms with Gasteiger partial charge in [-0.25, -0.2) is 0 Å². The van der Waals surface area contributed by atoms with Gasteiger partial charge in [-0.3, -0.25) is 0 Å². The molecule has 2 nitrogen and oxygen atoms in total. The van der Waals surface area contributed by atoms with E-state index in [-0.39, 0.29) is 0 Å². The van der Waals surface area contributed by atoms with Gasteiger partial charge in [0.1, 0.15) is 22.3 Å². The summed E-state index contributed by atoms with van der Waals surface area (Å²) in [6.07, 6.45) is 0. The number of hydrogen-bond acceptors (Lipinski definition) is 2. The Balaban J connectivity index is 1.16. The van der Waals surface area contributed by atoms with Crippen LogP contribution in [-0.2, 0) is 0 Å². The Morgan fingerprint density at radius 3 is 1.39 bits per heavy atom. The highest BCUT2D eigenvalue weighted by molar-refractivity contribution is 6.25. The monoisotopic (exact) mass is 712 g/mol. The first kappa shape index (κ1) is 31.0. The molecule has 10 aromatic carbocycles. The van der Waals surface area contributed by atoms with Crippen molar-refractivity contribution >= 4 is 76.2 Å². The molecule has 2 heteroatoms. The van der Waals surface area contributed by atoms with Gasteiger partial charge in [0.15, 0.2) is 0 Å². The maximum absolute atomic E-state index is 6.52. The topological polar surface area (TPSA) is 26.3 Å². The standard InChI is InChI=1S/C54H32O2/c1-2-14-33(15-3-1)51-39-19-6-8-21-41(39)53(42-22-9-7-20-40(42)51)44-28-27-37(35-16-4-5-17-36(35)44)43-29-31-50-54(45-23-11-13-25-48(45)56-50)52(43)34-26-30-49-46(32-34)38-18-10-12-24-47(38)55-49/h1-32H. The van der Waals surface area contributed by atoms with Crippen LogP contribution in [0.4, 0.5) is 0 Å². The molecule has 0 aliphatic carbocycles. The minimum atomic E-state index is 0.875. The molecule has 0 atom stereocenters. The number of benzene rings is 10. The minimum Gasteiger partial charge on any atom is -0.456 e. The zero-order valence-electron chi connectivity index (χ0n) is 30.3. The third-order valence-electron chi connectivity index (χ3n) is 11.7. The number of para-hydroxylation sites is 2. The summed E-state index contributed by atoms with van der Waals surface area (Å²) in [6, 6.07) is 69.9. The van der Waals surface area contributed by atoms with E-state index < -0.39 is 0 Å². The van der Waals surface area contributed by atoms with Crippen LogP contribution in [0.15, 0.2) is 203 Å². The molecule has 0 amide bonds. The lowest BCUT2D eigenvalue weighted by Crippen LogP contribution is -1.93. The molecule has 56 heavy (non-hydrogen) atoms. The fourth-order valence-electron chi connectivity index (χ4n) is 9.31. The highest BCUT2D eigenvalue weighted by Gasteiger charge is 2.23. The fraction of sp³-hybridized carbons (Fsp3) is 0. The van der Waals surface area contributed by atoms with Gasteiger partial charge < -0.3 is 8.83 Å². The average Bonchev–Trinajstić information content (AvgIpc) is 3.83. The molecule has 0 fully saturated rings. The van der Waals surface area contributed by atoms with E-state index in [1.54, 1.807) is 0 Å². The van der Waals surface area contributed by atoms with Crippen LogP contribution in [0.2, 0.25) is 0 Å². The van der Waals surface area contributed by atoms with E-state index in [0.29, 0.717) is 0 Å². The average molecular weight is 713 g/mol. The maximum Gasteiger partial charge on any atom is 0.136 e. The quantitative estimate of drug-likeness (QED) is 0.170. The first-order chi connectivity index (χ1) is 27.8. The zero-order chi connectivity index (χ0) is 36.7. The van der Waals surface area contributed by atoms with Crippen LogP contribution < -0.4 is 0 Å². The summed E-state index contributed by atoms with van der Waals surface area (Å²) < 4.78 is 12.8. The van der Waals surface area contributed by atoms with E-state index >= 15 is 0 Å². The molecular weight excluding hydrogens is 681 g/mol.